The number of halogens is 1. The van der Waals surface area contributed by atoms with Gasteiger partial charge in [-0.2, -0.15) is 10.2 Å². The second-order valence-electron chi connectivity index (χ2n) is 7.22. The van der Waals surface area contributed by atoms with Crippen molar-refractivity contribution in [1.82, 2.24) is 15.2 Å². The number of aromatic nitrogens is 2. The first-order valence-corrected chi connectivity index (χ1v) is 10.5. The van der Waals surface area contributed by atoms with Gasteiger partial charge < -0.3 is 5.32 Å². The molecule has 0 saturated carbocycles. The first kappa shape index (κ1) is 22.0. The second kappa shape index (κ2) is 9.93. The van der Waals surface area contributed by atoms with Crippen LogP contribution in [0.4, 0.5) is 5.69 Å². The fourth-order valence-electron chi connectivity index (χ4n) is 3.16. The van der Waals surface area contributed by atoms with E-state index < -0.39 is 11.8 Å². The Morgan fingerprint density at radius 1 is 0.970 bits per heavy atom. The number of hydrazone groups is 1. The number of benzene rings is 3. The van der Waals surface area contributed by atoms with Crippen molar-refractivity contribution in [3.8, 4) is 16.9 Å². The van der Waals surface area contributed by atoms with Gasteiger partial charge in [-0.25, -0.2) is 10.1 Å². The molecule has 0 bridgehead atoms. The molecule has 0 radical (unpaired) electrons. The molecule has 164 valence electrons. The Morgan fingerprint density at radius 3 is 2.48 bits per heavy atom. The van der Waals surface area contributed by atoms with E-state index in [2.05, 4.69) is 15.8 Å². The molecule has 3 aromatic carbocycles. The molecule has 0 atom stereocenters. The van der Waals surface area contributed by atoms with Crippen molar-refractivity contribution in [2.24, 2.45) is 5.10 Å². The minimum Gasteiger partial charge on any atom is -0.316 e. The van der Waals surface area contributed by atoms with Crippen LogP contribution in [-0.2, 0) is 9.59 Å². The van der Waals surface area contributed by atoms with Gasteiger partial charge in [0.15, 0.2) is 0 Å². The topological polar surface area (TPSA) is 88.4 Å². The normalized spacial score (nSPS) is 10.8. The molecular weight excluding hydrogens is 438 g/mol. The zero-order valence-corrected chi connectivity index (χ0v) is 18.5. The number of aryl methyl sites for hydroxylation is 1. The quantitative estimate of drug-likeness (QED) is 0.261. The average molecular weight is 458 g/mol. The van der Waals surface area contributed by atoms with Gasteiger partial charge in [0, 0.05) is 17.3 Å². The molecular formula is C25H20ClN5O2. The van der Waals surface area contributed by atoms with Crippen LogP contribution in [0.3, 0.4) is 0 Å². The van der Waals surface area contributed by atoms with Crippen molar-refractivity contribution in [1.29, 1.82) is 0 Å². The SMILES string of the molecule is Cc1cccc(-c2nn(-c3ccccc3)cc2/C=N/NC(=O)C(=O)Nc2ccccc2Cl)c1. The van der Waals surface area contributed by atoms with Gasteiger partial charge in [-0.05, 0) is 37.3 Å². The van der Waals surface area contributed by atoms with Crippen LogP contribution in [0, 0.1) is 6.92 Å². The Hall–Kier alpha value is -4.23. The fourth-order valence-corrected chi connectivity index (χ4v) is 3.35. The fraction of sp³-hybridized carbons (Fsp3) is 0.0400. The molecule has 33 heavy (non-hydrogen) atoms. The Balaban J connectivity index is 1.55. The second-order valence-corrected chi connectivity index (χ2v) is 7.62. The predicted molar refractivity (Wildman–Crippen MR) is 130 cm³/mol. The minimum absolute atomic E-state index is 0.332. The van der Waals surface area contributed by atoms with Crippen LogP contribution in [0.1, 0.15) is 11.1 Å². The number of hydrogen-bond acceptors (Lipinski definition) is 4. The number of nitrogens with zero attached hydrogens (tertiary/aromatic N) is 3. The van der Waals surface area contributed by atoms with Crippen molar-refractivity contribution in [2.45, 2.75) is 6.92 Å². The number of amides is 2. The molecule has 4 rings (SSSR count). The summed E-state index contributed by atoms with van der Waals surface area (Å²) in [5.74, 6) is -1.79. The molecule has 0 saturated heterocycles. The van der Waals surface area contributed by atoms with E-state index in [4.69, 9.17) is 16.7 Å². The molecule has 7 nitrogen and oxygen atoms in total. The summed E-state index contributed by atoms with van der Waals surface area (Å²) in [4.78, 5) is 24.3. The molecule has 1 aromatic heterocycles. The van der Waals surface area contributed by atoms with E-state index in [0.717, 1.165) is 16.8 Å². The minimum atomic E-state index is -0.918. The Bertz CT molecular complexity index is 1330. The third-order valence-corrected chi connectivity index (χ3v) is 5.08. The molecule has 2 N–H and O–H groups in total. The highest BCUT2D eigenvalue weighted by Gasteiger charge is 2.15. The van der Waals surface area contributed by atoms with Crippen LogP contribution >= 0.6 is 11.6 Å². The summed E-state index contributed by atoms with van der Waals surface area (Å²) in [7, 11) is 0. The molecule has 4 aromatic rings. The molecule has 0 fully saturated rings. The summed E-state index contributed by atoms with van der Waals surface area (Å²) in [5, 5.41) is 11.5. The van der Waals surface area contributed by atoms with Crippen molar-refractivity contribution >= 4 is 35.3 Å². The molecule has 8 heteroatoms. The lowest BCUT2D eigenvalue weighted by atomic mass is 10.1. The van der Waals surface area contributed by atoms with Gasteiger partial charge in [-0.1, -0.05) is 65.7 Å². The summed E-state index contributed by atoms with van der Waals surface area (Å²) >= 11 is 6.01. The molecule has 0 aliphatic rings. The highest BCUT2D eigenvalue weighted by molar-refractivity contribution is 6.41. The largest absolute Gasteiger partial charge is 0.329 e. The van der Waals surface area contributed by atoms with Crippen molar-refractivity contribution in [3.63, 3.8) is 0 Å². The van der Waals surface area contributed by atoms with E-state index in [-0.39, 0.29) is 0 Å². The van der Waals surface area contributed by atoms with Crippen molar-refractivity contribution < 1.29 is 9.59 Å². The van der Waals surface area contributed by atoms with E-state index in [9.17, 15) is 9.59 Å². The first-order chi connectivity index (χ1) is 16.0. The number of rotatable bonds is 5. The molecule has 0 spiro atoms. The Kier molecular flexibility index (Phi) is 6.61. The van der Waals surface area contributed by atoms with E-state index in [0.29, 0.717) is 22.0 Å². The zero-order valence-electron chi connectivity index (χ0n) is 17.7. The third kappa shape index (κ3) is 5.34. The number of carbonyl (C=O) groups is 2. The van der Waals surface area contributed by atoms with Crippen LogP contribution in [0.2, 0.25) is 5.02 Å². The number of nitrogens with one attached hydrogen (secondary N) is 2. The van der Waals surface area contributed by atoms with Crippen LogP contribution < -0.4 is 10.7 Å². The Morgan fingerprint density at radius 2 is 1.73 bits per heavy atom. The van der Waals surface area contributed by atoms with Crippen LogP contribution in [0.15, 0.2) is 90.2 Å². The number of carbonyl (C=O) groups excluding carboxylic acids is 2. The first-order valence-electron chi connectivity index (χ1n) is 10.1. The van der Waals surface area contributed by atoms with Gasteiger partial charge in [0.1, 0.15) is 5.69 Å². The predicted octanol–water partition coefficient (Wildman–Crippen LogP) is 4.59. The van der Waals surface area contributed by atoms with Crippen LogP contribution in [0.25, 0.3) is 16.9 Å². The average Bonchev–Trinajstić information content (AvgIpc) is 3.25. The summed E-state index contributed by atoms with van der Waals surface area (Å²) in [6, 6.07) is 24.2. The smallest absolute Gasteiger partial charge is 0.316 e. The molecule has 0 aliphatic heterocycles. The lowest BCUT2D eigenvalue weighted by Gasteiger charge is -2.05. The standard InChI is InChI=1S/C25H20ClN5O2/c1-17-8-7-9-18(14-17)23-19(16-31(30-23)20-10-3-2-4-11-20)15-27-29-25(33)24(32)28-22-13-6-5-12-21(22)26/h2-16H,1H3,(H,28,32)(H,29,33)/b27-15+. The van der Waals surface area contributed by atoms with Gasteiger partial charge in [0.2, 0.25) is 0 Å². The third-order valence-electron chi connectivity index (χ3n) is 4.75. The number of anilines is 1. The highest BCUT2D eigenvalue weighted by Crippen LogP contribution is 2.24. The maximum absolute atomic E-state index is 12.2. The van der Waals surface area contributed by atoms with Crippen molar-refractivity contribution in [2.75, 3.05) is 5.32 Å². The van der Waals surface area contributed by atoms with Gasteiger partial charge in [-0.3, -0.25) is 9.59 Å². The lowest BCUT2D eigenvalue weighted by Crippen LogP contribution is -2.32. The lowest BCUT2D eigenvalue weighted by molar-refractivity contribution is -0.136. The van der Waals surface area contributed by atoms with Gasteiger partial charge in [0.25, 0.3) is 0 Å². The van der Waals surface area contributed by atoms with E-state index in [1.165, 1.54) is 6.21 Å². The van der Waals surface area contributed by atoms with Gasteiger partial charge in [-0.15, -0.1) is 0 Å². The number of para-hydroxylation sites is 2. The maximum atomic E-state index is 12.2. The molecule has 0 aliphatic carbocycles. The van der Waals surface area contributed by atoms with Crippen LogP contribution in [-0.4, -0.2) is 27.8 Å². The van der Waals surface area contributed by atoms with Crippen LogP contribution in [0.5, 0.6) is 0 Å². The summed E-state index contributed by atoms with van der Waals surface area (Å²) in [5.41, 5.74) is 6.85. The van der Waals surface area contributed by atoms with Crippen molar-refractivity contribution in [3.05, 3.63) is 101 Å². The summed E-state index contributed by atoms with van der Waals surface area (Å²) in [6.45, 7) is 2.00. The Labute approximate surface area is 195 Å². The highest BCUT2D eigenvalue weighted by atomic mass is 35.5. The van der Waals surface area contributed by atoms with Gasteiger partial charge in [0.05, 0.1) is 22.6 Å². The number of hydrogen-bond donors (Lipinski definition) is 2. The summed E-state index contributed by atoms with van der Waals surface area (Å²) < 4.78 is 1.74. The van der Waals surface area contributed by atoms with E-state index in [1.54, 1.807) is 28.9 Å². The monoisotopic (exact) mass is 457 g/mol. The zero-order chi connectivity index (χ0) is 23.2. The molecule has 1 heterocycles. The molecule has 0 unspecified atom stereocenters. The maximum Gasteiger partial charge on any atom is 0.329 e. The van der Waals surface area contributed by atoms with Gasteiger partial charge >= 0.3 is 11.8 Å². The van der Waals surface area contributed by atoms with E-state index in [1.807, 2.05) is 67.7 Å². The van der Waals surface area contributed by atoms with E-state index >= 15 is 0 Å². The molecule has 2 amide bonds. The summed E-state index contributed by atoms with van der Waals surface area (Å²) in [6.07, 6.45) is 3.28.